The van der Waals surface area contributed by atoms with Crippen molar-refractivity contribution in [2.75, 3.05) is 0 Å². The van der Waals surface area contributed by atoms with Crippen LogP contribution in [0.4, 0.5) is 0 Å². The molecule has 1 aliphatic rings. The van der Waals surface area contributed by atoms with Crippen LogP contribution in [-0.4, -0.2) is 9.55 Å². The first-order valence-electron chi connectivity index (χ1n) is 10.9. The largest absolute Gasteiger partial charge is 0.449 e. The molecule has 4 aromatic carbocycles. The number of pyridine rings is 1. The van der Waals surface area contributed by atoms with Crippen LogP contribution < -0.4 is 9.47 Å². The summed E-state index contributed by atoms with van der Waals surface area (Å²) in [6.45, 7) is 0. The zero-order valence-corrected chi connectivity index (χ0v) is 17.6. The van der Waals surface area contributed by atoms with Gasteiger partial charge in [-0.05, 0) is 42.5 Å². The molecule has 7 rings (SSSR count). The molecule has 0 amide bonds. The Bertz CT molecular complexity index is 1650. The quantitative estimate of drug-likeness (QED) is 0.284. The van der Waals surface area contributed by atoms with Crippen LogP contribution in [-0.2, 0) is 0 Å². The van der Waals surface area contributed by atoms with Gasteiger partial charge in [0.1, 0.15) is 5.52 Å². The van der Waals surface area contributed by atoms with Crippen LogP contribution in [0, 0.1) is 0 Å². The second kappa shape index (κ2) is 6.97. The minimum atomic E-state index is 0.708. The van der Waals surface area contributed by atoms with Gasteiger partial charge in [-0.2, -0.15) is 0 Å². The lowest BCUT2D eigenvalue weighted by molar-refractivity contribution is 0.362. The normalized spacial score (nSPS) is 12.1. The number of hydrogen-bond acceptors (Lipinski definition) is 3. The zero-order valence-electron chi connectivity index (χ0n) is 17.6. The van der Waals surface area contributed by atoms with Crippen molar-refractivity contribution in [1.29, 1.82) is 0 Å². The number of hydrogen-bond donors (Lipinski definition) is 0. The minimum Gasteiger partial charge on any atom is -0.449 e. The van der Waals surface area contributed by atoms with Crippen LogP contribution in [0.1, 0.15) is 0 Å². The highest BCUT2D eigenvalue weighted by Gasteiger charge is 2.25. The van der Waals surface area contributed by atoms with Crippen molar-refractivity contribution in [3.05, 3.63) is 109 Å². The van der Waals surface area contributed by atoms with E-state index in [0.717, 1.165) is 50.2 Å². The van der Waals surface area contributed by atoms with Crippen LogP contribution in [0.5, 0.6) is 23.0 Å². The van der Waals surface area contributed by atoms with Crippen LogP contribution >= 0.6 is 0 Å². The average Bonchev–Trinajstić information content (AvgIpc) is 3.23. The first-order chi connectivity index (χ1) is 16.4. The summed E-state index contributed by atoms with van der Waals surface area (Å²) in [4.78, 5) is 4.77. The summed E-state index contributed by atoms with van der Waals surface area (Å²) in [5, 5.41) is 2.27. The zero-order chi connectivity index (χ0) is 21.8. The Kier molecular flexibility index (Phi) is 3.81. The van der Waals surface area contributed by atoms with Gasteiger partial charge in [-0.3, -0.25) is 4.98 Å². The van der Waals surface area contributed by atoms with E-state index in [4.69, 9.17) is 14.5 Å². The van der Waals surface area contributed by atoms with E-state index >= 15 is 0 Å². The Hall–Kier alpha value is -4.57. The monoisotopic (exact) mass is 426 g/mol. The molecule has 0 radical (unpaired) electrons. The molecule has 156 valence electrons. The molecule has 0 aliphatic carbocycles. The van der Waals surface area contributed by atoms with Gasteiger partial charge in [0, 0.05) is 16.3 Å². The van der Waals surface area contributed by atoms with E-state index in [2.05, 4.69) is 59.2 Å². The van der Waals surface area contributed by atoms with Gasteiger partial charge in [-0.25, -0.2) is 0 Å². The molecule has 1 aliphatic heterocycles. The van der Waals surface area contributed by atoms with Crippen LogP contribution in [0.25, 0.3) is 38.8 Å². The molecule has 0 spiro atoms. The van der Waals surface area contributed by atoms with E-state index in [9.17, 15) is 0 Å². The van der Waals surface area contributed by atoms with E-state index in [1.807, 2.05) is 54.7 Å². The van der Waals surface area contributed by atoms with Gasteiger partial charge in [0.25, 0.3) is 0 Å². The summed E-state index contributed by atoms with van der Waals surface area (Å²) in [6.07, 6.45) is 1.92. The van der Waals surface area contributed by atoms with Gasteiger partial charge in [0.2, 0.25) is 0 Å². The summed E-state index contributed by atoms with van der Waals surface area (Å²) in [5.74, 6) is 2.86. The molecule has 0 bridgehead atoms. The predicted octanol–water partition coefficient (Wildman–Crippen LogP) is 7.74. The minimum absolute atomic E-state index is 0.708. The van der Waals surface area contributed by atoms with Crippen LogP contribution in [0.15, 0.2) is 109 Å². The molecule has 0 atom stereocenters. The van der Waals surface area contributed by atoms with E-state index in [1.165, 1.54) is 0 Å². The SMILES string of the molecule is c1ccc(-c2ccc(-n3c4ccccc4c4ccc5c(c43)Oc3ccccc3O5)cn2)cc1. The summed E-state index contributed by atoms with van der Waals surface area (Å²) in [6, 6.07) is 34.6. The Labute approximate surface area is 190 Å². The number of fused-ring (bicyclic) bond motifs is 6. The fourth-order valence-electron chi connectivity index (χ4n) is 4.60. The molecular weight excluding hydrogens is 408 g/mol. The third kappa shape index (κ3) is 2.74. The molecule has 0 saturated carbocycles. The van der Waals surface area contributed by atoms with Crippen molar-refractivity contribution in [3.63, 3.8) is 0 Å². The molecule has 0 N–H and O–H groups in total. The number of nitrogens with zero attached hydrogens (tertiary/aromatic N) is 2. The number of aromatic nitrogens is 2. The van der Waals surface area contributed by atoms with Crippen molar-refractivity contribution in [3.8, 4) is 39.9 Å². The van der Waals surface area contributed by atoms with Crippen molar-refractivity contribution >= 4 is 21.8 Å². The topological polar surface area (TPSA) is 36.3 Å². The number of ether oxygens (including phenoxy) is 2. The van der Waals surface area contributed by atoms with Gasteiger partial charge in [0.15, 0.2) is 23.0 Å². The lowest BCUT2D eigenvalue weighted by Gasteiger charge is -2.22. The lowest BCUT2D eigenvalue weighted by atomic mass is 10.1. The molecule has 2 aromatic heterocycles. The Morgan fingerprint density at radius 3 is 2.15 bits per heavy atom. The summed E-state index contributed by atoms with van der Waals surface area (Å²) < 4.78 is 14.8. The maximum Gasteiger partial charge on any atom is 0.194 e. The summed E-state index contributed by atoms with van der Waals surface area (Å²) >= 11 is 0. The highest BCUT2D eigenvalue weighted by Crippen LogP contribution is 2.50. The molecule has 4 nitrogen and oxygen atoms in total. The molecule has 3 heterocycles. The van der Waals surface area contributed by atoms with E-state index in [1.54, 1.807) is 0 Å². The number of rotatable bonds is 2. The summed E-state index contributed by atoms with van der Waals surface area (Å²) in [7, 11) is 0. The first kappa shape index (κ1) is 18.0. The van der Waals surface area contributed by atoms with Gasteiger partial charge in [0.05, 0.1) is 23.1 Å². The fourth-order valence-corrected chi connectivity index (χ4v) is 4.60. The van der Waals surface area contributed by atoms with Gasteiger partial charge in [-0.15, -0.1) is 0 Å². The maximum atomic E-state index is 6.41. The van der Waals surface area contributed by atoms with Crippen molar-refractivity contribution < 1.29 is 9.47 Å². The third-order valence-electron chi connectivity index (χ3n) is 6.11. The number of benzene rings is 4. The Balaban J connectivity index is 1.48. The second-order valence-corrected chi connectivity index (χ2v) is 8.06. The van der Waals surface area contributed by atoms with Crippen molar-refractivity contribution in [2.24, 2.45) is 0 Å². The van der Waals surface area contributed by atoms with Crippen LogP contribution in [0.2, 0.25) is 0 Å². The van der Waals surface area contributed by atoms with Crippen molar-refractivity contribution in [2.45, 2.75) is 0 Å². The van der Waals surface area contributed by atoms with Crippen molar-refractivity contribution in [1.82, 2.24) is 9.55 Å². The van der Waals surface area contributed by atoms with Crippen LogP contribution in [0.3, 0.4) is 0 Å². The second-order valence-electron chi connectivity index (χ2n) is 8.06. The lowest BCUT2D eigenvalue weighted by Crippen LogP contribution is -2.02. The molecule has 4 heteroatoms. The molecule has 0 saturated heterocycles. The standard InChI is InChI=1S/C29H18N2O2/c1-2-8-19(9-3-1)23-16-14-20(18-30-23)31-24-11-5-4-10-21(24)22-15-17-27-29(28(22)31)33-26-13-7-6-12-25(26)32-27/h1-18H. The highest BCUT2D eigenvalue weighted by atomic mass is 16.6. The maximum absolute atomic E-state index is 6.41. The molecule has 6 aromatic rings. The fraction of sp³-hybridized carbons (Fsp3) is 0. The third-order valence-corrected chi connectivity index (χ3v) is 6.11. The molecule has 0 unspecified atom stereocenters. The predicted molar refractivity (Wildman–Crippen MR) is 131 cm³/mol. The van der Waals surface area contributed by atoms with Gasteiger partial charge >= 0.3 is 0 Å². The molecule has 0 fully saturated rings. The molecule has 33 heavy (non-hydrogen) atoms. The smallest absolute Gasteiger partial charge is 0.194 e. The highest BCUT2D eigenvalue weighted by molar-refractivity contribution is 6.12. The first-order valence-corrected chi connectivity index (χ1v) is 10.9. The van der Waals surface area contributed by atoms with Gasteiger partial charge in [-0.1, -0.05) is 60.7 Å². The van der Waals surface area contributed by atoms with E-state index in [0.29, 0.717) is 11.5 Å². The average molecular weight is 426 g/mol. The summed E-state index contributed by atoms with van der Waals surface area (Å²) in [5.41, 5.74) is 5.07. The van der Waals surface area contributed by atoms with Gasteiger partial charge < -0.3 is 14.0 Å². The Morgan fingerprint density at radius 2 is 1.33 bits per heavy atom. The van der Waals surface area contributed by atoms with E-state index in [-0.39, 0.29) is 0 Å². The number of para-hydroxylation sites is 3. The Morgan fingerprint density at radius 1 is 0.576 bits per heavy atom. The van der Waals surface area contributed by atoms with E-state index < -0.39 is 0 Å². The molecular formula is C29H18N2O2.